The van der Waals surface area contributed by atoms with Crippen molar-refractivity contribution in [2.75, 3.05) is 26.8 Å². The van der Waals surface area contributed by atoms with Gasteiger partial charge >= 0.3 is 0 Å². The minimum Gasteiger partial charge on any atom is -0.385 e. The zero-order valence-electron chi connectivity index (χ0n) is 10.1. The number of carbonyl (C=O) groups excluding carboxylic acids is 1. The molecule has 0 atom stereocenters. The Balaban J connectivity index is 2.04. The molecule has 17 heavy (non-hydrogen) atoms. The van der Waals surface area contributed by atoms with Gasteiger partial charge in [-0.2, -0.15) is 0 Å². The fourth-order valence-corrected chi connectivity index (χ4v) is 1.33. The predicted molar refractivity (Wildman–Crippen MR) is 65.4 cm³/mol. The first-order valence-corrected chi connectivity index (χ1v) is 5.68. The van der Waals surface area contributed by atoms with Crippen LogP contribution in [0.15, 0.2) is 24.5 Å². The van der Waals surface area contributed by atoms with Crippen LogP contribution in [-0.2, 0) is 16.1 Å². The van der Waals surface area contributed by atoms with E-state index in [1.807, 2.05) is 12.1 Å². The maximum absolute atomic E-state index is 11.4. The number of methoxy groups -OCH3 is 1. The second kappa shape index (κ2) is 8.66. The molecule has 1 rings (SSSR count). The van der Waals surface area contributed by atoms with E-state index in [4.69, 9.17) is 4.74 Å². The molecule has 0 aliphatic rings. The number of amides is 1. The minimum absolute atomic E-state index is 0.00941. The van der Waals surface area contributed by atoms with Crippen LogP contribution >= 0.6 is 0 Å². The summed E-state index contributed by atoms with van der Waals surface area (Å²) in [6.07, 6.45) is 4.32. The summed E-state index contributed by atoms with van der Waals surface area (Å²) < 4.78 is 4.89. The van der Waals surface area contributed by atoms with Gasteiger partial charge in [0.25, 0.3) is 0 Å². The molecule has 0 fully saturated rings. The van der Waals surface area contributed by atoms with Crippen LogP contribution in [0.4, 0.5) is 0 Å². The number of ether oxygens (including phenoxy) is 1. The maximum Gasteiger partial charge on any atom is 0.233 e. The summed E-state index contributed by atoms with van der Waals surface area (Å²) in [4.78, 5) is 15.3. The first kappa shape index (κ1) is 13.6. The molecule has 5 nitrogen and oxygen atoms in total. The summed E-state index contributed by atoms with van der Waals surface area (Å²) in [6.45, 7) is 2.33. The normalized spacial score (nSPS) is 10.2. The molecule has 94 valence electrons. The number of hydrogen-bond acceptors (Lipinski definition) is 4. The van der Waals surface area contributed by atoms with E-state index in [0.717, 1.165) is 12.0 Å². The SMILES string of the molecule is COCCCNC(=O)CNCc1ccncc1. The van der Waals surface area contributed by atoms with Crippen molar-refractivity contribution < 1.29 is 9.53 Å². The molecule has 2 N–H and O–H groups in total. The van der Waals surface area contributed by atoms with Crippen molar-refractivity contribution in [3.05, 3.63) is 30.1 Å². The summed E-state index contributed by atoms with van der Waals surface area (Å²) in [5.41, 5.74) is 1.12. The highest BCUT2D eigenvalue weighted by Crippen LogP contribution is 1.93. The molecule has 0 spiro atoms. The van der Waals surface area contributed by atoms with E-state index in [0.29, 0.717) is 26.2 Å². The van der Waals surface area contributed by atoms with Crippen LogP contribution in [0.2, 0.25) is 0 Å². The molecule has 0 bridgehead atoms. The Kier molecular flexibility index (Phi) is 6.93. The highest BCUT2D eigenvalue weighted by molar-refractivity contribution is 5.77. The van der Waals surface area contributed by atoms with Crippen LogP contribution in [0.1, 0.15) is 12.0 Å². The van der Waals surface area contributed by atoms with Crippen LogP contribution in [0.3, 0.4) is 0 Å². The molecule has 1 heterocycles. The monoisotopic (exact) mass is 237 g/mol. The van der Waals surface area contributed by atoms with E-state index < -0.39 is 0 Å². The standard InChI is InChI=1S/C12H19N3O2/c1-17-8-2-5-15-12(16)10-14-9-11-3-6-13-7-4-11/h3-4,6-7,14H,2,5,8-10H2,1H3,(H,15,16). The number of nitrogens with zero attached hydrogens (tertiary/aromatic N) is 1. The molecule has 1 aromatic heterocycles. The molecular formula is C12H19N3O2. The Bertz CT molecular complexity index is 317. The summed E-state index contributed by atoms with van der Waals surface area (Å²) in [5.74, 6) is 0.00941. The molecule has 0 aliphatic heterocycles. The lowest BCUT2D eigenvalue weighted by molar-refractivity contribution is -0.120. The van der Waals surface area contributed by atoms with Crippen LogP contribution < -0.4 is 10.6 Å². The number of nitrogens with one attached hydrogen (secondary N) is 2. The Morgan fingerprint density at radius 3 is 2.88 bits per heavy atom. The Labute approximate surface area is 102 Å². The average Bonchev–Trinajstić information content (AvgIpc) is 2.36. The van der Waals surface area contributed by atoms with E-state index in [9.17, 15) is 4.79 Å². The third-order valence-electron chi connectivity index (χ3n) is 2.21. The molecule has 0 unspecified atom stereocenters. The van der Waals surface area contributed by atoms with Gasteiger partial charge in [0, 0.05) is 39.2 Å². The molecular weight excluding hydrogens is 218 g/mol. The average molecular weight is 237 g/mol. The van der Waals surface area contributed by atoms with Crippen molar-refractivity contribution >= 4 is 5.91 Å². The lowest BCUT2D eigenvalue weighted by Crippen LogP contribution is -2.34. The second-order valence-electron chi connectivity index (χ2n) is 3.66. The molecule has 0 radical (unpaired) electrons. The van der Waals surface area contributed by atoms with Crippen molar-refractivity contribution in [2.24, 2.45) is 0 Å². The quantitative estimate of drug-likeness (QED) is 0.639. The van der Waals surface area contributed by atoms with Crippen molar-refractivity contribution in [3.8, 4) is 0 Å². The largest absolute Gasteiger partial charge is 0.385 e. The van der Waals surface area contributed by atoms with E-state index in [2.05, 4.69) is 15.6 Å². The summed E-state index contributed by atoms with van der Waals surface area (Å²) in [5, 5.41) is 5.88. The molecule has 5 heteroatoms. The molecule has 1 amide bonds. The molecule has 1 aromatic rings. The first-order chi connectivity index (χ1) is 8.33. The lowest BCUT2D eigenvalue weighted by atomic mass is 10.3. The highest BCUT2D eigenvalue weighted by atomic mass is 16.5. The third-order valence-corrected chi connectivity index (χ3v) is 2.21. The van der Waals surface area contributed by atoms with Crippen LogP contribution in [0.5, 0.6) is 0 Å². The minimum atomic E-state index is 0.00941. The highest BCUT2D eigenvalue weighted by Gasteiger charge is 1.99. The van der Waals surface area contributed by atoms with Gasteiger partial charge in [-0.25, -0.2) is 0 Å². The van der Waals surface area contributed by atoms with E-state index in [1.165, 1.54) is 0 Å². The van der Waals surface area contributed by atoms with Gasteiger partial charge in [0.05, 0.1) is 6.54 Å². The van der Waals surface area contributed by atoms with E-state index >= 15 is 0 Å². The Hall–Kier alpha value is -1.46. The topological polar surface area (TPSA) is 63.2 Å². The van der Waals surface area contributed by atoms with Gasteiger partial charge in [-0.3, -0.25) is 9.78 Å². The molecule has 0 saturated heterocycles. The van der Waals surface area contributed by atoms with Gasteiger partial charge in [0.1, 0.15) is 0 Å². The summed E-state index contributed by atoms with van der Waals surface area (Å²) in [7, 11) is 1.65. The number of aromatic nitrogens is 1. The lowest BCUT2D eigenvalue weighted by Gasteiger charge is -2.06. The van der Waals surface area contributed by atoms with E-state index in [1.54, 1.807) is 19.5 Å². The molecule has 0 saturated carbocycles. The first-order valence-electron chi connectivity index (χ1n) is 5.68. The molecule has 0 aliphatic carbocycles. The zero-order chi connectivity index (χ0) is 12.3. The third kappa shape index (κ3) is 6.65. The van der Waals surface area contributed by atoms with Crippen LogP contribution in [-0.4, -0.2) is 37.7 Å². The zero-order valence-corrected chi connectivity index (χ0v) is 10.1. The maximum atomic E-state index is 11.4. The number of hydrogen-bond donors (Lipinski definition) is 2. The predicted octanol–water partition coefficient (Wildman–Crippen LogP) is 0.324. The van der Waals surface area contributed by atoms with Gasteiger partial charge < -0.3 is 15.4 Å². The fourth-order valence-electron chi connectivity index (χ4n) is 1.33. The van der Waals surface area contributed by atoms with Gasteiger partial charge in [-0.15, -0.1) is 0 Å². The summed E-state index contributed by atoms with van der Waals surface area (Å²) in [6, 6.07) is 3.84. The smallest absolute Gasteiger partial charge is 0.233 e. The number of pyridine rings is 1. The fraction of sp³-hybridized carbons (Fsp3) is 0.500. The summed E-state index contributed by atoms with van der Waals surface area (Å²) >= 11 is 0. The van der Waals surface area contributed by atoms with Crippen molar-refractivity contribution in [1.82, 2.24) is 15.6 Å². The van der Waals surface area contributed by atoms with Crippen molar-refractivity contribution in [2.45, 2.75) is 13.0 Å². The van der Waals surface area contributed by atoms with Crippen LogP contribution in [0.25, 0.3) is 0 Å². The van der Waals surface area contributed by atoms with Gasteiger partial charge in [-0.05, 0) is 24.1 Å². The van der Waals surface area contributed by atoms with Crippen molar-refractivity contribution in [3.63, 3.8) is 0 Å². The van der Waals surface area contributed by atoms with Gasteiger partial charge in [-0.1, -0.05) is 0 Å². The number of carbonyl (C=O) groups is 1. The van der Waals surface area contributed by atoms with E-state index in [-0.39, 0.29) is 5.91 Å². The van der Waals surface area contributed by atoms with Crippen molar-refractivity contribution in [1.29, 1.82) is 0 Å². The number of rotatable bonds is 8. The van der Waals surface area contributed by atoms with Gasteiger partial charge in [0.15, 0.2) is 0 Å². The van der Waals surface area contributed by atoms with Crippen LogP contribution in [0, 0.1) is 0 Å². The molecule has 0 aromatic carbocycles. The Morgan fingerprint density at radius 2 is 2.18 bits per heavy atom. The Morgan fingerprint density at radius 1 is 1.41 bits per heavy atom. The van der Waals surface area contributed by atoms with Gasteiger partial charge in [0.2, 0.25) is 5.91 Å². The second-order valence-corrected chi connectivity index (χ2v) is 3.66.